The van der Waals surface area contributed by atoms with E-state index in [0.29, 0.717) is 5.92 Å². The highest BCUT2D eigenvalue weighted by Crippen LogP contribution is 2.52. The highest BCUT2D eigenvalue weighted by molar-refractivity contribution is 8.00. The molecule has 0 saturated carbocycles. The molecule has 1 heterocycles. The van der Waals surface area contributed by atoms with Gasteiger partial charge in [-0.2, -0.15) is 5.10 Å². The minimum atomic E-state index is -0.253. The first kappa shape index (κ1) is 25.9. The standard InChI is InChI=1S/C31H33N3O3S/c1-19(33-34-31(35)20(2)38-22-10-6-5-7-11-22)21-16-17-27-26(18-21)23-12-8-13-24(23)29(32-27)25-14-9-15-28(36-3)30(25)37-4/h5-12,14-18,20,23-24,29,32H,13H2,1-4H3,(H,34,35)/b33-19-/t20-,23+,24-,29+/m0/s1. The average molecular weight is 528 g/mol. The van der Waals surface area contributed by atoms with Gasteiger partial charge in [0.2, 0.25) is 0 Å². The van der Waals surface area contributed by atoms with Crippen molar-refractivity contribution in [1.82, 2.24) is 5.43 Å². The van der Waals surface area contributed by atoms with E-state index in [9.17, 15) is 4.79 Å². The maximum atomic E-state index is 12.7. The number of hydrogen-bond donors (Lipinski definition) is 2. The van der Waals surface area contributed by atoms with Crippen molar-refractivity contribution in [1.29, 1.82) is 0 Å². The van der Waals surface area contributed by atoms with Gasteiger partial charge in [0.1, 0.15) is 0 Å². The quantitative estimate of drug-likeness (QED) is 0.150. The predicted octanol–water partition coefficient (Wildman–Crippen LogP) is 6.55. The number of para-hydroxylation sites is 1. The van der Waals surface area contributed by atoms with Crippen molar-refractivity contribution in [2.24, 2.45) is 11.0 Å². The third-order valence-electron chi connectivity index (χ3n) is 7.31. The fourth-order valence-electron chi connectivity index (χ4n) is 5.34. The monoisotopic (exact) mass is 527 g/mol. The molecule has 3 aromatic rings. The third-order valence-corrected chi connectivity index (χ3v) is 8.42. The summed E-state index contributed by atoms with van der Waals surface area (Å²) < 4.78 is 11.3. The lowest BCUT2D eigenvalue weighted by Gasteiger charge is -2.38. The van der Waals surface area contributed by atoms with E-state index in [1.807, 2.05) is 56.3 Å². The molecule has 38 heavy (non-hydrogen) atoms. The Kier molecular flexibility index (Phi) is 7.74. The van der Waals surface area contributed by atoms with Crippen molar-refractivity contribution in [3.63, 3.8) is 0 Å². The molecule has 196 valence electrons. The fraction of sp³-hybridized carbons (Fsp3) is 0.290. The number of fused-ring (bicyclic) bond motifs is 3. The number of carbonyl (C=O) groups is 1. The molecular formula is C31H33N3O3S. The lowest BCUT2D eigenvalue weighted by molar-refractivity contribution is -0.120. The van der Waals surface area contributed by atoms with E-state index in [0.717, 1.165) is 45.3 Å². The van der Waals surface area contributed by atoms with Crippen LogP contribution in [0.25, 0.3) is 0 Å². The van der Waals surface area contributed by atoms with Gasteiger partial charge >= 0.3 is 0 Å². The summed E-state index contributed by atoms with van der Waals surface area (Å²) >= 11 is 1.52. The van der Waals surface area contributed by atoms with Crippen molar-refractivity contribution < 1.29 is 14.3 Å². The first-order chi connectivity index (χ1) is 18.5. The number of anilines is 1. The van der Waals surface area contributed by atoms with Crippen LogP contribution in [0.1, 0.15) is 48.9 Å². The molecule has 4 atom stereocenters. The molecule has 0 radical (unpaired) electrons. The second kappa shape index (κ2) is 11.4. The SMILES string of the molecule is COc1cccc([C@@H]2Nc3ccc(/C(C)=N\NC(=O)[C@H](C)Sc4ccccc4)cc3[C@@H]3C=CC[C@@H]32)c1OC. The number of benzene rings is 3. The number of ether oxygens (including phenoxy) is 2. The Balaban J connectivity index is 1.35. The van der Waals surface area contributed by atoms with E-state index in [1.54, 1.807) is 14.2 Å². The number of thioether (sulfide) groups is 1. The highest BCUT2D eigenvalue weighted by Gasteiger charge is 2.39. The van der Waals surface area contributed by atoms with Gasteiger partial charge in [0, 0.05) is 22.1 Å². The van der Waals surface area contributed by atoms with Gasteiger partial charge in [-0.1, -0.05) is 48.6 Å². The van der Waals surface area contributed by atoms with Crippen molar-refractivity contribution >= 4 is 29.1 Å². The molecule has 6 nitrogen and oxygen atoms in total. The summed E-state index contributed by atoms with van der Waals surface area (Å²) in [4.78, 5) is 13.7. The van der Waals surface area contributed by atoms with E-state index in [-0.39, 0.29) is 23.1 Å². The van der Waals surface area contributed by atoms with Gasteiger partial charge in [-0.25, -0.2) is 5.43 Å². The smallest absolute Gasteiger partial charge is 0.253 e. The average Bonchev–Trinajstić information content (AvgIpc) is 3.45. The molecule has 1 amide bonds. The van der Waals surface area contributed by atoms with Crippen LogP contribution < -0.4 is 20.2 Å². The third kappa shape index (κ3) is 5.16. The lowest BCUT2D eigenvalue weighted by Crippen LogP contribution is -2.30. The van der Waals surface area contributed by atoms with Crippen LogP contribution in [0, 0.1) is 5.92 Å². The number of nitrogens with zero attached hydrogens (tertiary/aromatic N) is 1. The van der Waals surface area contributed by atoms with Gasteiger partial charge in [0.05, 0.1) is 31.2 Å². The summed E-state index contributed by atoms with van der Waals surface area (Å²) in [6.45, 7) is 3.82. The summed E-state index contributed by atoms with van der Waals surface area (Å²) in [5.41, 5.74) is 7.96. The molecule has 2 aliphatic rings. The Hall–Kier alpha value is -3.71. The zero-order valence-electron chi connectivity index (χ0n) is 22.1. The van der Waals surface area contributed by atoms with E-state index >= 15 is 0 Å². The van der Waals surface area contributed by atoms with Gasteiger partial charge in [-0.3, -0.25) is 4.79 Å². The number of rotatable bonds is 8. The summed E-state index contributed by atoms with van der Waals surface area (Å²) in [7, 11) is 3.36. The maximum Gasteiger partial charge on any atom is 0.253 e. The van der Waals surface area contributed by atoms with Crippen molar-refractivity contribution in [3.05, 3.63) is 95.6 Å². The molecular weight excluding hydrogens is 494 g/mol. The van der Waals surface area contributed by atoms with Crippen molar-refractivity contribution in [2.45, 2.75) is 42.4 Å². The fourth-order valence-corrected chi connectivity index (χ4v) is 6.22. The maximum absolute atomic E-state index is 12.7. The Labute approximate surface area is 228 Å². The second-order valence-electron chi connectivity index (χ2n) is 9.61. The van der Waals surface area contributed by atoms with Crippen LogP contribution >= 0.6 is 11.8 Å². The normalized spacial score (nSPS) is 20.6. The molecule has 1 aliphatic heterocycles. The Morgan fingerprint density at radius 1 is 1.05 bits per heavy atom. The Morgan fingerprint density at radius 2 is 1.87 bits per heavy atom. The van der Waals surface area contributed by atoms with E-state index in [1.165, 1.54) is 17.3 Å². The van der Waals surface area contributed by atoms with Gasteiger partial charge < -0.3 is 14.8 Å². The first-order valence-electron chi connectivity index (χ1n) is 12.8. The topological polar surface area (TPSA) is 72.0 Å². The van der Waals surface area contributed by atoms with Crippen LogP contribution in [0.3, 0.4) is 0 Å². The zero-order valence-corrected chi connectivity index (χ0v) is 22.9. The van der Waals surface area contributed by atoms with Crippen LogP contribution in [-0.4, -0.2) is 31.1 Å². The van der Waals surface area contributed by atoms with Crippen LogP contribution in [0.5, 0.6) is 11.5 Å². The highest BCUT2D eigenvalue weighted by atomic mass is 32.2. The number of methoxy groups -OCH3 is 2. The molecule has 0 unspecified atom stereocenters. The molecule has 7 heteroatoms. The molecule has 0 fully saturated rings. The molecule has 0 spiro atoms. The van der Waals surface area contributed by atoms with Crippen LogP contribution in [0.15, 0.2) is 88.9 Å². The summed E-state index contributed by atoms with van der Waals surface area (Å²) in [6.07, 6.45) is 5.56. The minimum Gasteiger partial charge on any atom is -0.493 e. The summed E-state index contributed by atoms with van der Waals surface area (Å²) in [5, 5.41) is 7.95. The first-order valence-corrected chi connectivity index (χ1v) is 13.7. The number of nitrogens with one attached hydrogen (secondary N) is 2. The van der Waals surface area contributed by atoms with E-state index < -0.39 is 0 Å². The van der Waals surface area contributed by atoms with Gasteiger partial charge in [0.15, 0.2) is 11.5 Å². The second-order valence-corrected chi connectivity index (χ2v) is 11.0. The number of carbonyl (C=O) groups excluding carboxylic acids is 1. The molecule has 2 N–H and O–H groups in total. The summed E-state index contributed by atoms with van der Waals surface area (Å²) in [5.74, 6) is 2.02. The van der Waals surface area contributed by atoms with Crippen molar-refractivity contribution in [2.75, 3.05) is 19.5 Å². The van der Waals surface area contributed by atoms with Gasteiger partial charge in [0.25, 0.3) is 5.91 Å². The van der Waals surface area contributed by atoms with Gasteiger partial charge in [-0.05, 0) is 67.6 Å². The van der Waals surface area contributed by atoms with Crippen LogP contribution in [0.2, 0.25) is 0 Å². The number of amides is 1. The molecule has 0 bridgehead atoms. The number of hydrogen-bond acceptors (Lipinski definition) is 6. The summed E-state index contributed by atoms with van der Waals surface area (Å²) in [6, 6.07) is 22.4. The predicted molar refractivity (Wildman–Crippen MR) is 154 cm³/mol. The van der Waals surface area contributed by atoms with Crippen LogP contribution in [0.4, 0.5) is 5.69 Å². The number of allylic oxidation sites excluding steroid dienone is 2. The zero-order chi connectivity index (χ0) is 26.6. The van der Waals surface area contributed by atoms with E-state index in [4.69, 9.17) is 9.47 Å². The molecule has 0 saturated heterocycles. The van der Waals surface area contributed by atoms with Gasteiger partial charge in [-0.15, -0.1) is 11.8 Å². The minimum absolute atomic E-state index is 0.0936. The van der Waals surface area contributed by atoms with Crippen molar-refractivity contribution in [3.8, 4) is 11.5 Å². The largest absolute Gasteiger partial charge is 0.493 e. The molecule has 0 aromatic heterocycles. The Morgan fingerprint density at radius 3 is 2.63 bits per heavy atom. The van der Waals surface area contributed by atoms with Crippen LogP contribution in [-0.2, 0) is 4.79 Å². The number of hydrazone groups is 1. The molecule has 1 aliphatic carbocycles. The van der Waals surface area contributed by atoms with E-state index in [2.05, 4.69) is 52.3 Å². The molecule has 3 aromatic carbocycles. The lowest BCUT2D eigenvalue weighted by atomic mass is 9.76. The molecule has 5 rings (SSSR count). The Bertz CT molecular complexity index is 1370.